The molecule has 1 amide bonds. The van der Waals surface area contributed by atoms with Crippen molar-refractivity contribution in [1.82, 2.24) is 4.57 Å². The first-order chi connectivity index (χ1) is 14.3. The van der Waals surface area contributed by atoms with Crippen molar-refractivity contribution in [2.24, 2.45) is 0 Å². The maximum atomic E-state index is 12.9. The van der Waals surface area contributed by atoms with Gasteiger partial charge in [0.25, 0.3) is 5.91 Å². The number of para-hydroxylation sites is 1. The molecule has 0 atom stereocenters. The van der Waals surface area contributed by atoms with Gasteiger partial charge in [0.1, 0.15) is 5.00 Å². The second-order valence-corrected chi connectivity index (χ2v) is 8.76. The largest absolute Gasteiger partial charge is 0.465 e. The van der Waals surface area contributed by atoms with E-state index in [1.165, 1.54) is 7.11 Å². The zero-order valence-electron chi connectivity index (χ0n) is 18.0. The van der Waals surface area contributed by atoms with Crippen molar-refractivity contribution in [3.8, 4) is 5.00 Å². The summed E-state index contributed by atoms with van der Waals surface area (Å²) in [7, 11) is 3.20. The van der Waals surface area contributed by atoms with Gasteiger partial charge in [-0.15, -0.1) is 11.3 Å². The van der Waals surface area contributed by atoms with Crippen molar-refractivity contribution in [1.29, 1.82) is 0 Å². The molecule has 1 aromatic carbocycles. The van der Waals surface area contributed by atoms with Crippen molar-refractivity contribution >= 4 is 40.5 Å². The smallest absolute Gasteiger partial charge is 0.341 e. The lowest BCUT2D eigenvalue weighted by molar-refractivity contribution is -0.112. The van der Waals surface area contributed by atoms with E-state index in [1.54, 1.807) is 23.3 Å². The monoisotopic (exact) mass is 420 g/mol. The van der Waals surface area contributed by atoms with Crippen molar-refractivity contribution in [2.45, 2.75) is 27.7 Å². The third-order valence-electron chi connectivity index (χ3n) is 5.82. The van der Waals surface area contributed by atoms with E-state index in [0.29, 0.717) is 11.1 Å². The predicted molar refractivity (Wildman–Crippen MR) is 122 cm³/mol. The molecule has 4 rings (SSSR count). The van der Waals surface area contributed by atoms with E-state index < -0.39 is 0 Å². The quantitative estimate of drug-likeness (QED) is 0.439. The van der Waals surface area contributed by atoms with Crippen molar-refractivity contribution < 1.29 is 14.3 Å². The second kappa shape index (κ2) is 7.29. The van der Waals surface area contributed by atoms with Gasteiger partial charge in [-0.1, -0.05) is 18.2 Å². The van der Waals surface area contributed by atoms with Crippen LogP contribution < -0.4 is 4.90 Å². The van der Waals surface area contributed by atoms with E-state index in [0.717, 1.165) is 43.6 Å². The molecule has 2 aromatic heterocycles. The molecule has 0 fully saturated rings. The van der Waals surface area contributed by atoms with Crippen LogP contribution in [0.2, 0.25) is 0 Å². The maximum absolute atomic E-state index is 12.9. The highest BCUT2D eigenvalue weighted by Gasteiger charge is 2.30. The summed E-state index contributed by atoms with van der Waals surface area (Å²) in [5.41, 5.74) is 7.01. The Balaban J connectivity index is 1.88. The zero-order valence-corrected chi connectivity index (χ0v) is 18.8. The number of amides is 1. The third-order valence-corrected chi connectivity index (χ3v) is 7.01. The van der Waals surface area contributed by atoms with Crippen LogP contribution in [-0.2, 0) is 9.53 Å². The normalized spacial score (nSPS) is 14.5. The molecule has 0 radical (unpaired) electrons. The fraction of sp³-hybridized carbons (Fsp3) is 0.250. The number of fused-ring (bicyclic) bond motifs is 1. The molecule has 0 N–H and O–H groups in total. The number of nitrogens with zero attached hydrogens (tertiary/aromatic N) is 2. The number of benzene rings is 1. The Bertz CT molecular complexity index is 1230. The summed E-state index contributed by atoms with van der Waals surface area (Å²) in [5.74, 6) is -0.347. The van der Waals surface area contributed by atoms with Crippen LogP contribution >= 0.6 is 11.3 Å². The van der Waals surface area contributed by atoms with Crippen LogP contribution in [0.5, 0.6) is 0 Å². The summed E-state index contributed by atoms with van der Waals surface area (Å²) in [6.07, 6.45) is 1.95. The van der Waals surface area contributed by atoms with Gasteiger partial charge in [-0.25, -0.2) is 4.79 Å². The van der Waals surface area contributed by atoms with Crippen LogP contribution in [0.15, 0.2) is 30.3 Å². The SMILES string of the molecule is COC(=O)c1c(-n2c(C)cc(/C=C3/C(=O)N(C)c4ccccc43)c2C)sc(C)c1C. The molecule has 0 spiro atoms. The van der Waals surface area contributed by atoms with Crippen LogP contribution in [0.1, 0.15) is 43.3 Å². The predicted octanol–water partition coefficient (Wildman–Crippen LogP) is 5.08. The molecule has 3 aromatic rings. The molecule has 0 saturated carbocycles. The lowest BCUT2D eigenvalue weighted by Crippen LogP contribution is -2.20. The summed E-state index contributed by atoms with van der Waals surface area (Å²) in [4.78, 5) is 28.1. The van der Waals surface area contributed by atoms with Crippen molar-refractivity contribution in [2.75, 3.05) is 19.1 Å². The highest BCUT2D eigenvalue weighted by Crippen LogP contribution is 2.39. The molecule has 3 heterocycles. The van der Waals surface area contributed by atoms with E-state index in [2.05, 4.69) is 10.6 Å². The molecular weight excluding hydrogens is 396 g/mol. The van der Waals surface area contributed by atoms with Gasteiger partial charge in [-0.05, 0) is 57.0 Å². The van der Waals surface area contributed by atoms with E-state index in [9.17, 15) is 9.59 Å². The number of carbonyl (C=O) groups is 2. The number of esters is 1. The van der Waals surface area contributed by atoms with Crippen LogP contribution in [0, 0.1) is 27.7 Å². The number of aromatic nitrogens is 1. The standard InChI is InChI=1S/C24H24N2O3S/c1-13-11-17(12-19-18-9-7-8-10-20(18)25(5)22(19)27)15(3)26(13)23-21(24(28)29-6)14(2)16(4)30-23/h7-12H,1-6H3/b19-12+. The van der Waals surface area contributed by atoms with Crippen LogP contribution in [0.3, 0.4) is 0 Å². The average molecular weight is 421 g/mol. The highest BCUT2D eigenvalue weighted by atomic mass is 32.1. The Kier molecular flexibility index (Phi) is 4.90. The average Bonchev–Trinajstić information content (AvgIpc) is 3.27. The number of aryl methyl sites for hydroxylation is 2. The first-order valence-corrected chi connectivity index (χ1v) is 10.5. The third kappa shape index (κ3) is 2.91. The topological polar surface area (TPSA) is 51.5 Å². The number of methoxy groups -OCH3 is 1. The zero-order chi connectivity index (χ0) is 21.7. The number of ether oxygens (including phenoxy) is 1. The molecule has 1 aliphatic heterocycles. The van der Waals surface area contributed by atoms with E-state index >= 15 is 0 Å². The number of hydrogen-bond donors (Lipinski definition) is 0. The minimum absolute atomic E-state index is 0.0148. The fourth-order valence-corrected chi connectivity index (χ4v) is 5.31. The van der Waals surface area contributed by atoms with Crippen LogP contribution in [0.25, 0.3) is 16.7 Å². The van der Waals surface area contributed by atoms with Crippen molar-refractivity contribution in [3.63, 3.8) is 0 Å². The maximum Gasteiger partial charge on any atom is 0.341 e. The summed E-state index contributed by atoms with van der Waals surface area (Å²) < 4.78 is 7.13. The minimum atomic E-state index is -0.333. The van der Waals surface area contributed by atoms with E-state index in [-0.39, 0.29) is 11.9 Å². The van der Waals surface area contributed by atoms with Gasteiger partial charge in [0.2, 0.25) is 0 Å². The van der Waals surface area contributed by atoms with E-state index in [1.807, 2.05) is 58.0 Å². The molecule has 0 saturated heterocycles. The number of rotatable bonds is 3. The molecule has 0 bridgehead atoms. The van der Waals surface area contributed by atoms with Crippen molar-refractivity contribution in [3.05, 3.63) is 68.9 Å². The molecule has 0 aliphatic carbocycles. The van der Waals surface area contributed by atoms with Crippen LogP contribution in [-0.4, -0.2) is 30.6 Å². The first-order valence-electron chi connectivity index (χ1n) is 9.73. The molecule has 30 heavy (non-hydrogen) atoms. The van der Waals surface area contributed by atoms with Gasteiger partial charge in [-0.3, -0.25) is 4.79 Å². The lowest BCUT2D eigenvalue weighted by atomic mass is 10.0. The summed E-state index contributed by atoms with van der Waals surface area (Å²) in [6, 6.07) is 9.87. The summed E-state index contributed by atoms with van der Waals surface area (Å²) in [5, 5.41) is 0.853. The van der Waals surface area contributed by atoms with E-state index in [4.69, 9.17) is 4.74 Å². The molecular formula is C24H24N2O3S. The molecule has 154 valence electrons. The number of carbonyl (C=O) groups excluding carboxylic acids is 2. The summed E-state index contributed by atoms with van der Waals surface area (Å²) in [6.45, 7) is 7.98. The van der Waals surface area contributed by atoms with Gasteiger partial charge in [0.15, 0.2) is 0 Å². The number of anilines is 1. The second-order valence-electron chi connectivity index (χ2n) is 7.56. The number of hydrogen-bond acceptors (Lipinski definition) is 4. The number of likely N-dealkylation sites (N-methyl/N-ethyl adjacent to an activating group) is 1. The van der Waals surface area contributed by atoms with Crippen LogP contribution in [0.4, 0.5) is 5.69 Å². The number of thiophene rings is 1. The Hall–Kier alpha value is -3.12. The lowest BCUT2D eigenvalue weighted by Gasteiger charge is -2.10. The Labute approximate surface area is 180 Å². The van der Waals surface area contributed by atoms with Gasteiger partial charge < -0.3 is 14.2 Å². The molecule has 0 unspecified atom stereocenters. The Morgan fingerprint density at radius 1 is 1.13 bits per heavy atom. The molecule has 5 nitrogen and oxygen atoms in total. The summed E-state index contributed by atoms with van der Waals surface area (Å²) >= 11 is 1.58. The fourth-order valence-electron chi connectivity index (χ4n) is 4.05. The first kappa shape index (κ1) is 20.2. The molecule has 6 heteroatoms. The Morgan fingerprint density at radius 3 is 2.53 bits per heavy atom. The Morgan fingerprint density at radius 2 is 1.83 bits per heavy atom. The molecule has 1 aliphatic rings. The van der Waals surface area contributed by atoms with Gasteiger partial charge in [0.05, 0.1) is 18.4 Å². The highest BCUT2D eigenvalue weighted by molar-refractivity contribution is 7.15. The van der Waals surface area contributed by atoms with Gasteiger partial charge >= 0.3 is 5.97 Å². The minimum Gasteiger partial charge on any atom is -0.465 e. The van der Waals surface area contributed by atoms with Gasteiger partial charge in [-0.2, -0.15) is 0 Å². The van der Waals surface area contributed by atoms with Gasteiger partial charge in [0, 0.05) is 34.4 Å².